The van der Waals surface area contributed by atoms with E-state index in [-0.39, 0.29) is 11.8 Å². The van der Waals surface area contributed by atoms with Crippen molar-refractivity contribution in [3.8, 4) is 12.3 Å². The summed E-state index contributed by atoms with van der Waals surface area (Å²) in [6.45, 7) is 2.50. The molecule has 3 rings (SSSR count). The number of hydrogen-bond acceptors (Lipinski definition) is 4. The first-order valence-corrected chi connectivity index (χ1v) is 7.05. The highest BCUT2D eigenvalue weighted by Gasteiger charge is 2.35. The van der Waals surface area contributed by atoms with Gasteiger partial charge in [0, 0.05) is 50.4 Å². The number of carbonyl (C=O) groups excluding carboxylic acids is 1. The molecule has 1 atom stereocenters. The van der Waals surface area contributed by atoms with Crippen molar-refractivity contribution in [2.24, 2.45) is 5.92 Å². The standard InChI is InChI=1S/C15H18N4O/c1-2-12-10-14(20)19(11-12)13-4-8-18(9-5-13)15-16-6-3-7-17-15/h1,3,6-7,12-13H,4-5,8-11H2. The second-order valence-corrected chi connectivity index (χ2v) is 5.38. The summed E-state index contributed by atoms with van der Waals surface area (Å²) < 4.78 is 0. The largest absolute Gasteiger partial charge is 0.341 e. The number of likely N-dealkylation sites (tertiary alicyclic amines) is 1. The van der Waals surface area contributed by atoms with Crippen LogP contribution in [-0.4, -0.2) is 46.5 Å². The zero-order valence-corrected chi connectivity index (χ0v) is 11.4. The van der Waals surface area contributed by atoms with Gasteiger partial charge in [0.05, 0.1) is 0 Å². The van der Waals surface area contributed by atoms with Crippen LogP contribution in [0.4, 0.5) is 5.95 Å². The first-order chi connectivity index (χ1) is 9.78. The van der Waals surface area contributed by atoms with Gasteiger partial charge >= 0.3 is 0 Å². The van der Waals surface area contributed by atoms with Gasteiger partial charge in [-0.25, -0.2) is 9.97 Å². The summed E-state index contributed by atoms with van der Waals surface area (Å²) in [7, 11) is 0. The van der Waals surface area contributed by atoms with Crippen LogP contribution in [-0.2, 0) is 4.79 Å². The van der Waals surface area contributed by atoms with E-state index < -0.39 is 0 Å². The molecule has 0 aromatic carbocycles. The van der Waals surface area contributed by atoms with Gasteiger partial charge in [0.1, 0.15) is 0 Å². The van der Waals surface area contributed by atoms with Crippen LogP contribution in [0, 0.1) is 18.3 Å². The molecule has 0 N–H and O–H groups in total. The van der Waals surface area contributed by atoms with Gasteiger partial charge < -0.3 is 9.80 Å². The van der Waals surface area contributed by atoms with E-state index in [1.165, 1.54) is 0 Å². The van der Waals surface area contributed by atoms with Crippen LogP contribution < -0.4 is 4.90 Å². The molecular formula is C15H18N4O. The number of amides is 1. The van der Waals surface area contributed by atoms with E-state index in [4.69, 9.17) is 6.42 Å². The summed E-state index contributed by atoms with van der Waals surface area (Å²) in [5.41, 5.74) is 0. The highest BCUT2D eigenvalue weighted by atomic mass is 16.2. The topological polar surface area (TPSA) is 49.3 Å². The Balaban J connectivity index is 1.59. The fourth-order valence-corrected chi connectivity index (χ4v) is 3.03. The summed E-state index contributed by atoms with van der Waals surface area (Å²) in [6, 6.07) is 2.14. The average Bonchev–Trinajstić information content (AvgIpc) is 2.89. The SMILES string of the molecule is C#CC1CC(=O)N(C2CCN(c3ncccn3)CC2)C1. The Kier molecular flexibility index (Phi) is 3.55. The molecule has 2 fully saturated rings. The molecule has 20 heavy (non-hydrogen) atoms. The number of anilines is 1. The summed E-state index contributed by atoms with van der Waals surface area (Å²) in [4.78, 5) is 24.7. The third kappa shape index (κ3) is 2.46. The lowest BCUT2D eigenvalue weighted by Crippen LogP contribution is -2.46. The number of nitrogens with zero attached hydrogens (tertiary/aromatic N) is 4. The highest BCUT2D eigenvalue weighted by Crippen LogP contribution is 2.26. The minimum absolute atomic E-state index is 0.0954. The molecule has 5 nitrogen and oxygen atoms in total. The molecule has 2 saturated heterocycles. The highest BCUT2D eigenvalue weighted by molar-refractivity contribution is 5.79. The normalized spacial score (nSPS) is 23.9. The number of aromatic nitrogens is 2. The van der Waals surface area contributed by atoms with Crippen LogP contribution in [0.15, 0.2) is 18.5 Å². The first-order valence-electron chi connectivity index (χ1n) is 7.05. The fourth-order valence-electron chi connectivity index (χ4n) is 3.03. The Hall–Kier alpha value is -2.09. The molecule has 0 bridgehead atoms. The van der Waals surface area contributed by atoms with Crippen LogP contribution in [0.2, 0.25) is 0 Å². The van der Waals surface area contributed by atoms with Crippen molar-refractivity contribution in [2.45, 2.75) is 25.3 Å². The van der Waals surface area contributed by atoms with Crippen molar-refractivity contribution in [3.05, 3.63) is 18.5 Å². The number of rotatable bonds is 2. The number of terminal acetylenes is 1. The van der Waals surface area contributed by atoms with Crippen molar-refractivity contribution >= 4 is 11.9 Å². The lowest BCUT2D eigenvalue weighted by molar-refractivity contribution is -0.130. The molecule has 1 aromatic heterocycles. The Morgan fingerprint density at radius 2 is 1.95 bits per heavy atom. The van der Waals surface area contributed by atoms with E-state index in [0.717, 1.165) is 38.4 Å². The second-order valence-electron chi connectivity index (χ2n) is 5.38. The molecular weight excluding hydrogens is 252 g/mol. The van der Waals surface area contributed by atoms with Crippen LogP contribution >= 0.6 is 0 Å². The monoisotopic (exact) mass is 270 g/mol. The van der Waals surface area contributed by atoms with Gasteiger partial charge in [-0.3, -0.25) is 4.79 Å². The maximum atomic E-state index is 12.0. The Morgan fingerprint density at radius 1 is 1.25 bits per heavy atom. The molecule has 0 radical (unpaired) electrons. The van der Waals surface area contributed by atoms with Crippen LogP contribution in [0.1, 0.15) is 19.3 Å². The average molecular weight is 270 g/mol. The minimum Gasteiger partial charge on any atom is -0.341 e. The van der Waals surface area contributed by atoms with E-state index >= 15 is 0 Å². The van der Waals surface area contributed by atoms with Crippen LogP contribution in [0.25, 0.3) is 0 Å². The maximum Gasteiger partial charge on any atom is 0.225 e. The predicted octanol–water partition coefficient (Wildman–Crippen LogP) is 0.927. The lowest BCUT2D eigenvalue weighted by atomic mass is 10.0. The van der Waals surface area contributed by atoms with E-state index in [1.54, 1.807) is 12.4 Å². The van der Waals surface area contributed by atoms with Crippen LogP contribution in [0.3, 0.4) is 0 Å². The van der Waals surface area contributed by atoms with Crippen LogP contribution in [0.5, 0.6) is 0 Å². The molecule has 2 aliphatic heterocycles. The summed E-state index contributed by atoms with van der Waals surface area (Å²) in [6.07, 6.45) is 11.4. The van der Waals surface area contributed by atoms with Gasteiger partial charge in [0.15, 0.2) is 0 Å². The van der Waals surface area contributed by atoms with Gasteiger partial charge in [-0.05, 0) is 18.9 Å². The molecule has 0 saturated carbocycles. The molecule has 3 heterocycles. The Morgan fingerprint density at radius 3 is 2.55 bits per heavy atom. The van der Waals surface area contributed by atoms with Gasteiger partial charge in [0.2, 0.25) is 11.9 Å². The predicted molar refractivity (Wildman–Crippen MR) is 75.9 cm³/mol. The summed E-state index contributed by atoms with van der Waals surface area (Å²) in [5, 5.41) is 0. The Bertz CT molecular complexity index is 516. The third-order valence-electron chi connectivity index (χ3n) is 4.13. The van der Waals surface area contributed by atoms with E-state index in [0.29, 0.717) is 12.5 Å². The molecule has 0 spiro atoms. The van der Waals surface area contributed by atoms with Gasteiger partial charge in [-0.2, -0.15) is 0 Å². The van der Waals surface area contributed by atoms with Crippen molar-refractivity contribution in [1.29, 1.82) is 0 Å². The van der Waals surface area contributed by atoms with E-state index in [2.05, 4.69) is 20.8 Å². The van der Waals surface area contributed by atoms with Gasteiger partial charge in [-0.1, -0.05) is 0 Å². The molecule has 2 aliphatic rings. The third-order valence-corrected chi connectivity index (χ3v) is 4.13. The maximum absolute atomic E-state index is 12.0. The number of carbonyl (C=O) groups is 1. The van der Waals surface area contributed by atoms with E-state index in [9.17, 15) is 4.79 Å². The first kappa shape index (κ1) is 12.9. The molecule has 1 unspecified atom stereocenters. The van der Waals surface area contributed by atoms with Crippen molar-refractivity contribution < 1.29 is 4.79 Å². The lowest BCUT2D eigenvalue weighted by Gasteiger charge is -2.36. The Labute approximate surface area is 119 Å². The molecule has 5 heteroatoms. The van der Waals surface area contributed by atoms with E-state index in [1.807, 2.05) is 11.0 Å². The summed E-state index contributed by atoms with van der Waals surface area (Å²) >= 11 is 0. The summed E-state index contributed by atoms with van der Waals surface area (Å²) in [5.74, 6) is 3.79. The van der Waals surface area contributed by atoms with Gasteiger partial charge in [-0.15, -0.1) is 12.3 Å². The number of hydrogen-bond donors (Lipinski definition) is 0. The number of piperidine rings is 1. The quantitative estimate of drug-likeness (QED) is 0.750. The molecule has 0 aliphatic carbocycles. The van der Waals surface area contributed by atoms with Crippen molar-refractivity contribution in [3.63, 3.8) is 0 Å². The minimum atomic E-state index is 0.0954. The zero-order chi connectivity index (χ0) is 13.9. The second kappa shape index (κ2) is 5.49. The van der Waals surface area contributed by atoms with Gasteiger partial charge in [0.25, 0.3) is 0 Å². The smallest absolute Gasteiger partial charge is 0.225 e. The molecule has 1 amide bonds. The fraction of sp³-hybridized carbons (Fsp3) is 0.533. The molecule has 104 valence electrons. The van der Waals surface area contributed by atoms with Crippen molar-refractivity contribution in [2.75, 3.05) is 24.5 Å². The molecule has 1 aromatic rings. The van der Waals surface area contributed by atoms with Crippen molar-refractivity contribution in [1.82, 2.24) is 14.9 Å². The zero-order valence-electron chi connectivity index (χ0n) is 11.4.